The van der Waals surface area contributed by atoms with E-state index in [1.54, 1.807) is 0 Å². The maximum Gasteiger partial charge on any atom is 0.148 e. The summed E-state index contributed by atoms with van der Waals surface area (Å²) in [5, 5.41) is 4.42. The van der Waals surface area contributed by atoms with Gasteiger partial charge < -0.3 is 5.73 Å². The van der Waals surface area contributed by atoms with Crippen molar-refractivity contribution in [3.63, 3.8) is 0 Å². The molecule has 4 nitrogen and oxygen atoms in total. The molecule has 2 aromatic rings. The Morgan fingerprint density at radius 1 is 1.24 bits per heavy atom. The van der Waals surface area contributed by atoms with Crippen LogP contribution in [0.15, 0.2) is 18.2 Å². The molecule has 0 atom stereocenters. The monoisotopic (exact) mass is 230 g/mol. The molecule has 0 spiro atoms. The predicted molar refractivity (Wildman–Crippen MR) is 68.3 cm³/mol. The average molecular weight is 230 g/mol. The lowest BCUT2D eigenvalue weighted by molar-refractivity contribution is 0.821. The van der Waals surface area contributed by atoms with E-state index in [0.717, 1.165) is 23.8 Å². The summed E-state index contributed by atoms with van der Waals surface area (Å²) in [7, 11) is 0. The van der Waals surface area contributed by atoms with Crippen molar-refractivity contribution in [2.24, 2.45) is 5.73 Å². The molecule has 0 fully saturated rings. The summed E-state index contributed by atoms with van der Waals surface area (Å²) in [5.41, 5.74) is 9.11. The van der Waals surface area contributed by atoms with E-state index in [1.807, 2.05) is 18.5 Å². The Kier molecular flexibility index (Phi) is 3.24. The molecule has 90 valence electrons. The third-order valence-electron chi connectivity index (χ3n) is 2.81. The van der Waals surface area contributed by atoms with Gasteiger partial charge in [-0.1, -0.05) is 12.1 Å². The van der Waals surface area contributed by atoms with Gasteiger partial charge in [0.2, 0.25) is 0 Å². The smallest absolute Gasteiger partial charge is 0.148 e. The van der Waals surface area contributed by atoms with Crippen molar-refractivity contribution in [2.75, 3.05) is 6.54 Å². The van der Waals surface area contributed by atoms with Gasteiger partial charge in [-0.3, -0.25) is 0 Å². The zero-order valence-corrected chi connectivity index (χ0v) is 10.6. The van der Waals surface area contributed by atoms with Crippen molar-refractivity contribution >= 4 is 0 Å². The van der Waals surface area contributed by atoms with Crippen molar-refractivity contribution in [1.29, 1.82) is 0 Å². The maximum atomic E-state index is 5.59. The molecule has 4 heteroatoms. The Bertz CT molecular complexity index is 528. The van der Waals surface area contributed by atoms with Crippen molar-refractivity contribution in [1.82, 2.24) is 14.8 Å². The highest BCUT2D eigenvalue weighted by Gasteiger charge is 2.08. The standard InChI is InChI=1S/C13H18N4/c1-9-4-5-12(6-7-14)8-13(9)17-11(3)15-10(2)16-17/h4-5,8H,6-7,14H2,1-3H3. The minimum Gasteiger partial charge on any atom is -0.330 e. The van der Waals surface area contributed by atoms with E-state index in [0.29, 0.717) is 6.54 Å². The zero-order chi connectivity index (χ0) is 12.4. The van der Waals surface area contributed by atoms with Crippen molar-refractivity contribution in [3.05, 3.63) is 41.0 Å². The lowest BCUT2D eigenvalue weighted by Crippen LogP contribution is -2.06. The second-order valence-corrected chi connectivity index (χ2v) is 4.28. The van der Waals surface area contributed by atoms with Gasteiger partial charge in [0.15, 0.2) is 0 Å². The highest BCUT2D eigenvalue weighted by atomic mass is 15.3. The summed E-state index contributed by atoms with van der Waals surface area (Å²) < 4.78 is 1.89. The molecular formula is C13H18N4. The number of aryl methyl sites for hydroxylation is 3. The Morgan fingerprint density at radius 3 is 2.59 bits per heavy atom. The van der Waals surface area contributed by atoms with Gasteiger partial charge in [-0.25, -0.2) is 9.67 Å². The number of nitrogens with zero attached hydrogens (tertiary/aromatic N) is 3. The van der Waals surface area contributed by atoms with E-state index in [-0.39, 0.29) is 0 Å². The van der Waals surface area contributed by atoms with Crippen LogP contribution in [0.4, 0.5) is 0 Å². The Morgan fingerprint density at radius 2 is 2.00 bits per heavy atom. The third-order valence-corrected chi connectivity index (χ3v) is 2.81. The van der Waals surface area contributed by atoms with Crippen molar-refractivity contribution in [2.45, 2.75) is 27.2 Å². The number of rotatable bonds is 3. The number of hydrogen-bond acceptors (Lipinski definition) is 3. The molecule has 1 heterocycles. The molecule has 1 aromatic heterocycles. The van der Waals surface area contributed by atoms with Crippen LogP contribution in [-0.2, 0) is 6.42 Å². The minimum atomic E-state index is 0.665. The molecule has 0 amide bonds. The Balaban J connectivity index is 2.50. The van der Waals surface area contributed by atoms with Crippen LogP contribution in [0.1, 0.15) is 22.8 Å². The summed E-state index contributed by atoms with van der Waals surface area (Å²) in [4.78, 5) is 4.33. The van der Waals surface area contributed by atoms with E-state index < -0.39 is 0 Å². The van der Waals surface area contributed by atoms with Crippen LogP contribution < -0.4 is 5.73 Å². The molecule has 17 heavy (non-hydrogen) atoms. The van der Waals surface area contributed by atoms with E-state index in [9.17, 15) is 0 Å². The summed E-state index contributed by atoms with van der Waals surface area (Å²) in [5.74, 6) is 1.71. The van der Waals surface area contributed by atoms with Gasteiger partial charge >= 0.3 is 0 Å². The quantitative estimate of drug-likeness (QED) is 0.873. The molecule has 2 rings (SSSR count). The molecule has 0 saturated carbocycles. The number of aromatic nitrogens is 3. The SMILES string of the molecule is Cc1nc(C)n(-c2cc(CCN)ccc2C)n1. The molecule has 0 radical (unpaired) electrons. The van der Waals surface area contributed by atoms with Gasteiger partial charge in [0.05, 0.1) is 5.69 Å². The average Bonchev–Trinajstić information content (AvgIpc) is 2.61. The maximum absolute atomic E-state index is 5.59. The molecule has 0 unspecified atom stereocenters. The van der Waals surface area contributed by atoms with Crippen LogP contribution in [0.3, 0.4) is 0 Å². The summed E-state index contributed by atoms with van der Waals surface area (Å²) in [6, 6.07) is 6.37. The van der Waals surface area contributed by atoms with Crippen molar-refractivity contribution < 1.29 is 0 Å². The molecule has 2 N–H and O–H groups in total. The molecule has 0 aliphatic heterocycles. The number of nitrogens with two attached hydrogens (primary N) is 1. The van der Waals surface area contributed by atoms with Gasteiger partial charge in [-0.15, -0.1) is 0 Å². The highest BCUT2D eigenvalue weighted by molar-refractivity contribution is 5.43. The number of benzene rings is 1. The Hall–Kier alpha value is -1.68. The van der Waals surface area contributed by atoms with E-state index in [2.05, 4.69) is 35.2 Å². The molecular weight excluding hydrogens is 212 g/mol. The second-order valence-electron chi connectivity index (χ2n) is 4.28. The van der Waals surface area contributed by atoms with Gasteiger partial charge in [-0.05, 0) is 50.9 Å². The lowest BCUT2D eigenvalue weighted by Gasteiger charge is -2.09. The van der Waals surface area contributed by atoms with Crippen molar-refractivity contribution in [3.8, 4) is 5.69 Å². The first-order chi connectivity index (χ1) is 8.11. The first-order valence-corrected chi connectivity index (χ1v) is 5.82. The van der Waals surface area contributed by atoms with Crippen LogP contribution in [-0.4, -0.2) is 21.3 Å². The van der Waals surface area contributed by atoms with Crippen LogP contribution >= 0.6 is 0 Å². The third kappa shape index (κ3) is 2.36. The zero-order valence-electron chi connectivity index (χ0n) is 10.6. The summed E-state index contributed by atoms with van der Waals surface area (Å²) in [6.45, 7) is 6.62. The molecule has 0 saturated heterocycles. The van der Waals surface area contributed by atoms with Gasteiger partial charge in [0.25, 0.3) is 0 Å². The lowest BCUT2D eigenvalue weighted by atomic mass is 10.1. The van der Waals surface area contributed by atoms with E-state index >= 15 is 0 Å². The van der Waals surface area contributed by atoms with E-state index in [4.69, 9.17) is 5.73 Å². The van der Waals surface area contributed by atoms with Crippen LogP contribution in [0.5, 0.6) is 0 Å². The highest BCUT2D eigenvalue weighted by Crippen LogP contribution is 2.17. The predicted octanol–water partition coefficient (Wildman–Crippen LogP) is 1.69. The van der Waals surface area contributed by atoms with Crippen LogP contribution in [0.25, 0.3) is 5.69 Å². The van der Waals surface area contributed by atoms with Gasteiger partial charge in [0, 0.05) is 0 Å². The molecule has 0 aliphatic carbocycles. The number of hydrogen-bond donors (Lipinski definition) is 1. The topological polar surface area (TPSA) is 56.7 Å². The summed E-state index contributed by atoms with van der Waals surface area (Å²) >= 11 is 0. The molecule has 0 aliphatic rings. The molecule has 0 bridgehead atoms. The first kappa shape index (κ1) is 11.8. The second kappa shape index (κ2) is 4.67. The largest absolute Gasteiger partial charge is 0.330 e. The van der Waals surface area contributed by atoms with E-state index in [1.165, 1.54) is 11.1 Å². The van der Waals surface area contributed by atoms with Gasteiger partial charge in [-0.2, -0.15) is 5.10 Å². The summed E-state index contributed by atoms with van der Waals surface area (Å²) in [6.07, 6.45) is 0.889. The van der Waals surface area contributed by atoms with Gasteiger partial charge in [0.1, 0.15) is 11.6 Å². The molecule has 1 aromatic carbocycles. The van der Waals surface area contributed by atoms with Crippen LogP contribution in [0.2, 0.25) is 0 Å². The Labute approximate surface area is 101 Å². The fraction of sp³-hybridized carbons (Fsp3) is 0.385. The minimum absolute atomic E-state index is 0.665. The fourth-order valence-corrected chi connectivity index (χ4v) is 1.95. The van der Waals surface area contributed by atoms with Crippen LogP contribution in [0, 0.1) is 20.8 Å². The fourth-order valence-electron chi connectivity index (χ4n) is 1.95. The first-order valence-electron chi connectivity index (χ1n) is 5.82. The normalized spacial score (nSPS) is 10.8.